The van der Waals surface area contributed by atoms with Crippen LogP contribution in [-0.2, 0) is 28.0 Å². The van der Waals surface area contributed by atoms with Crippen molar-refractivity contribution in [3.05, 3.63) is 17.1 Å². The van der Waals surface area contributed by atoms with E-state index in [9.17, 15) is 13.2 Å². The number of nitrogens with one attached hydrogen (secondary N) is 1. The molecule has 2 aliphatic rings. The number of fused-ring (bicyclic) bond motifs is 1. The molecule has 28 heavy (non-hydrogen) atoms. The summed E-state index contributed by atoms with van der Waals surface area (Å²) in [6.45, 7) is 7.53. The minimum Gasteiger partial charge on any atom is -0.373 e. The molecule has 3 heterocycles. The predicted octanol–water partition coefficient (Wildman–Crippen LogP) is 1.15. The van der Waals surface area contributed by atoms with Crippen LogP contribution < -0.4 is 5.32 Å². The van der Waals surface area contributed by atoms with Crippen LogP contribution >= 0.6 is 0 Å². The Kier molecular flexibility index (Phi) is 6.21. The summed E-state index contributed by atoms with van der Waals surface area (Å²) < 4.78 is 28.8. The van der Waals surface area contributed by atoms with Crippen molar-refractivity contribution in [1.29, 1.82) is 0 Å². The standard InChI is InChI=1S/C18H30N6O3S/c1-5-22(6-2)28(26,27)23-11-9-15-14(12-23)17(19-4)21-18(20-15)16-8-7-10-24(16)13(3)25/h16H,5-12H2,1-4H3,(H,19,20,21). The first-order valence-electron chi connectivity index (χ1n) is 9.93. The first kappa shape index (κ1) is 20.9. The Hall–Kier alpha value is -1.78. The molecule has 10 heteroatoms. The molecule has 0 aromatic carbocycles. The van der Waals surface area contributed by atoms with Gasteiger partial charge in [-0.15, -0.1) is 0 Å². The molecule has 1 amide bonds. The number of carbonyl (C=O) groups is 1. The summed E-state index contributed by atoms with van der Waals surface area (Å²) in [6.07, 6.45) is 2.33. The van der Waals surface area contributed by atoms with E-state index in [4.69, 9.17) is 4.98 Å². The molecule has 0 saturated carbocycles. The maximum atomic E-state index is 12.9. The molecule has 1 aromatic heterocycles. The third-order valence-corrected chi connectivity index (χ3v) is 7.73. The van der Waals surface area contributed by atoms with Gasteiger partial charge in [-0.2, -0.15) is 17.0 Å². The van der Waals surface area contributed by atoms with Gasteiger partial charge in [-0.05, 0) is 12.8 Å². The molecule has 1 fully saturated rings. The number of likely N-dealkylation sites (tertiary alicyclic amines) is 1. The number of hydrogen-bond acceptors (Lipinski definition) is 6. The second kappa shape index (κ2) is 8.30. The van der Waals surface area contributed by atoms with Crippen LogP contribution in [0.25, 0.3) is 0 Å². The molecule has 9 nitrogen and oxygen atoms in total. The molecule has 1 unspecified atom stereocenters. The SMILES string of the molecule is CCN(CC)S(=O)(=O)N1CCc2nc(C3CCCN3C(C)=O)nc(NC)c2C1. The van der Waals surface area contributed by atoms with E-state index < -0.39 is 10.2 Å². The number of amides is 1. The molecule has 0 radical (unpaired) electrons. The Morgan fingerprint density at radius 1 is 1.25 bits per heavy atom. The van der Waals surface area contributed by atoms with Crippen LogP contribution in [0.5, 0.6) is 0 Å². The van der Waals surface area contributed by atoms with Crippen LogP contribution in [0, 0.1) is 0 Å². The average Bonchev–Trinajstić information content (AvgIpc) is 3.17. The summed E-state index contributed by atoms with van der Waals surface area (Å²) in [5.41, 5.74) is 1.69. The summed E-state index contributed by atoms with van der Waals surface area (Å²) in [5, 5.41) is 3.10. The highest BCUT2D eigenvalue weighted by Gasteiger charge is 2.35. The van der Waals surface area contributed by atoms with Gasteiger partial charge in [0.05, 0.1) is 11.7 Å². The van der Waals surface area contributed by atoms with Gasteiger partial charge < -0.3 is 10.2 Å². The van der Waals surface area contributed by atoms with E-state index in [0.717, 1.165) is 30.6 Å². The van der Waals surface area contributed by atoms with E-state index in [-0.39, 0.29) is 18.5 Å². The molecule has 0 spiro atoms. The Morgan fingerprint density at radius 2 is 1.96 bits per heavy atom. The molecular formula is C18H30N6O3S. The molecule has 1 aromatic rings. The van der Waals surface area contributed by atoms with Crippen molar-refractivity contribution < 1.29 is 13.2 Å². The summed E-state index contributed by atoms with van der Waals surface area (Å²) in [7, 11) is -1.73. The number of carbonyl (C=O) groups excluding carboxylic acids is 1. The average molecular weight is 411 g/mol. The molecular weight excluding hydrogens is 380 g/mol. The third kappa shape index (κ3) is 3.72. The first-order chi connectivity index (χ1) is 13.3. The zero-order valence-corrected chi connectivity index (χ0v) is 17.9. The van der Waals surface area contributed by atoms with Gasteiger partial charge in [0, 0.05) is 58.7 Å². The van der Waals surface area contributed by atoms with Crippen LogP contribution in [-0.4, -0.2) is 71.0 Å². The lowest BCUT2D eigenvalue weighted by molar-refractivity contribution is -0.129. The third-order valence-electron chi connectivity index (χ3n) is 5.59. The second-order valence-corrected chi connectivity index (χ2v) is 9.08. The van der Waals surface area contributed by atoms with Gasteiger partial charge in [-0.25, -0.2) is 9.97 Å². The fourth-order valence-corrected chi connectivity index (χ4v) is 5.68. The topological polar surface area (TPSA) is 98.7 Å². The van der Waals surface area contributed by atoms with E-state index in [1.54, 1.807) is 14.0 Å². The van der Waals surface area contributed by atoms with Crippen molar-refractivity contribution in [1.82, 2.24) is 23.5 Å². The number of hydrogen-bond donors (Lipinski definition) is 1. The fourth-order valence-electron chi connectivity index (χ4n) is 4.09. The minimum absolute atomic E-state index is 0.0336. The van der Waals surface area contributed by atoms with Gasteiger partial charge in [0.25, 0.3) is 10.2 Å². The summed E-state index contributed by atoms with van der Waals surface area (Å²) in [6, 6.07) is -0.104. The molecule has 1 saturated heterocycles. The smallest absolute Gasteiger partial charge is 0.282 e. The lowest BCUT2D eigenvalue weighted by Crippen LogP contribution is -2.46. The maximum absolute atomic E-state index is 12.9. The second-order valence-electron chi connectivity index (χ2n) is 7.15. The quantitative estimate of drug-likeness (QED) is 0.755. The Balaban J connectivity index is 1.93. The largest absolute Gasteiger partial charge is 0.373 e. The zero-order valence-electron chi connectivity index (χ0n) is 17.1. The van der Waals surface area contributed by atoms with Gasteiger partial charge >= 0.3 is 0 Å². The lowest BCUT2D eigenvalue weighted by atomic mass is 10.1. The van der Waals surface area contributed by atoms with Crippen molar-refractivity contribution in [3.8, 4) is 0 Å². The van der Waals surface area contributed by atoms with E-state index >= 15 is 0 Å². The molecule has 2 aliphatic heterocycles. The molecule has 1 N–H and O–H groups in total. The lowest BCUT2D eigenvalue weighted by Gasteiger charge is -2.33. The normalized spacial score (nSPS) is 20.5. The van der Waals surface area contributed by atoms with Crippen LogP contribution in [0.2, 0.25) is 0 Å². The number of nitrogens with zero attached hydrogens (tertiary/aromatic N) is 5. The van der Waals surface area contributed by atoms with Gasteiger partial charge in [-0.3, -0.25) is 4.79 Å². The molecule has 156 valence electrons. The van der Waals surface area contributed by atoms with Crippen molar-refractivity contribution in [3.63, 3.8) is 0 Å². The fraction of sp³-hybridized carbons (Fsp3) is 0.722. The highest BCUT2D eigenvalue weighted by atomic mass is 32.2. The highest BCUT2D eigenvalue weighted by molar-refractivity contribution is 7.86. The monoisotopic (exact) mass is 410 g/mol. The summed E-state index contributed by atoms with van der Waals surface area (Å²) >= 11 is 0. The maximum Gasteiger partial charge on any atom is 0.282 e. The Bertz CT molecular complexity index is 823. The van der Waals surface area contributed by atoms with Gasteiger partial charge in [0.15, 0.2) is 5.82 Å². The van der Waals surface area contributed by atoms with Crippen LogP contribution in [0.15, 0.2) is 0 Å². The van der Waals surface area contributed by atoms with Crippen LogP contribution in [0.4, 0.5) is 5.82 Å². The minimum atomic E-state index is -3.51. The van der Waals surface area contributed by atoms with Crippen molar-refractivity contribution in [2.24, 2.45) is 0 Å². The van der Waals surface area contributed by atoms with E-state index in [2.05, 4.69) is 10.3 Å². The van der Waals surface area contributed by atoms with Crippen molar-refractivity contribution in [2.45, 2.75) is 52.6 Å². The predicted molar refractivity (Wildman–Crippen MR) is 107 cm³/mol. The highest BCUT2D eigenvalue weighted by Crippen LogP contribution is 2.33. The number of anilines is 1. The molecule has 0 bridgehead atoms. The van der Waals surface area contributed by atoms with E-state index in [1.807, 2.05) is 18.7 Å². The zero-order chi connectivity index (χ0) is 20.5. The number of rotatable bonds is 6. The van der Waals surface area contributed by atoms with E-state index in [0.29, 0.717) is 37.7 Å². The van der Waals surface area contributed by atoms with Gasteiger partial charge in [-0.1, -0.05) is 13.8 Å². The van der Waals surface area contributed by atoms with Crippen molar-refractivity contribution >= 4 is 21.9 Å². The summed E-state index contributed by atoms with van der Waals surface area (Å²) in [5.74, 6) is 1.33. The Morgan fingerprint density at radius 3 is 2.57 bits per heavy atom. The van der Waals surface area contributed by atoms with Gasteiger partial charge in [0.1, 0.15) is 5.82 Å². The Labute approximate surface area is 167 Å². The van der Waals surface area contributed by atoms with Gasteiger partial charge in [0.2, 0.25) is 5.91 Å². The summed E-state index contributed by atoms with van der Waals surface area (Å²) in [4.78, 5) is 23.2. The first-order valence-corrected chi connectivity index (χ1v) is 11.3. The molecule has 0 aliphatic carbocycles. The van der Waals surface area contributed by atoms with Crippen LogP contribution in [0.1, 0.15) is 56.7 Å². The van der Waals surface area contributed by atoms with Crippen molar-refractivity contribution in [2.75, 3.05) is 38.5 Å². The molecule has 1 atom stereocenters. The molecule has 3 rings (SSSR count). The number of aromatic nitrogens is 2. The van der Waals surface area contributed by atoms with E-state index in [1.165, 1.54) is 8.61 Å². The van der Waals surface area contributed by atoms with Crippen LogP contribution in [0.3, 0.4) is 0 Å².